The number of likely N-dealkylation sites (N-methyl/N-ethyl adjacent to an activating group) is 1. The van der Waals surface area contributed by atoms with Crippen molar-refractivity contribution in [2.75, 3.05) is 13.6 Å². The Labute approximate surface area is 115 Å². The van der Waals surface area contributed by atoms with Gasteiger partial charge in [0.1, 0.15) is 0 Å². The molecule has 0 atom stereocenters. The van der Waals surface area contributed by atoms with E-state index in [9.17, 15) is 0 Å². The fourth-order valence-electron chi connectivity index (χ4n) is 1.73. The van der Waals surface area contributed by atoms with Crippen LogP contribution >= 0.6 is 27.3 Å². The zero-order valence-corrected chi connectivity index (χ0v) is 12.5. The third-order valence-corrected chi connectivity index (χ3v) is 4.68. The van der Waals surface area contributed by atoms with Crippen molar-refractivity contribution < 1.29 is 0 Å². The molecule has 17 heavy (non-hydrogen) atoms. The standard InChI is InChI=1S/C14H16BrNS/c1-10-7-12(3-4-13(10)15)14-8-11(9-17-14)5-6-16-2/h3-4,7-9,16H,5-6H2,1-2H3. The quantitative estimate of drug-likeness (QED) is 0.890. The zero-order chi connectivity index (χ0) is 12.3. The van der Waals surface area contributed by atoms with Crippen LogP contribution in [0, 0.1) is 6.92 Å². The molecule has 0 bridgehead atoms. The normalized spacial score (nSPS) is 10.8. The van der Waals surface area contributed by atoms with Gasteiger partial charge in [0.25, 0.3) is 0 Å². The second kappa shape index (κ2) is 5.80. The zero-order valence-electron chi connectivity index (χ0n) is 10.1. The molecule has 1 aromatic carbocycles. The lowest BCUT2D eigenvalue weighted by molar-refractivity contribution is 0.793. The summed E-state index contributed by atoms with van der Waals surface area (Å²) in [6, 6.07) is 8.82. The van der Waals surface area contributed by atoms with E-state index in [4.69, 9.17) is 0 Å². The number of hydrogen-bond acceptors (Lipinski definition) is 2. The average molecular weight is 310 g/mol. The molecule has 0 aliphatic rings. The van der Waals surface area contributed by atoms with E-state index in [1.165, 1.54) is 26.0 Å². The minimum atomic E-state index is 1.04. The number of thiophene rings is 1. The van der Waals surface area contributed by atoms with E-state index in [0.29, 0.717) is 0 Å². The molecule has 0 spiro atoms. The first-order valence-electron chi connectivity index (χ1n) is 5.69. The largest absolute Gasteiger partial charge is 0.319 e. The van der Waals surface area contributed by atoms with Crippen LogP contribution in [0.3, 0.4) is 0 Å². The van der Waals surface area contributed by atoms with Gasteiger partial charge in [-0.25, -0.2) is 0 Å². The molecule has 0 amide bonds. The number of rotatable bonds is 4. The first kappa shape index (κ1) is 12.8. The first-order valence-corrected chi connectivity index (χ1v) is 7.36. The van der Waals surface area contributed by atoms with Crippen molar-refractivity contribution >= 4 is 27.3 Å². The molecule has 0 fully saturated rings. The van der Waals surface area contributed by atoms with E-state index in [1.807, 2.05) is 18.4 Å². The lowest BCUT2D eigenvalue weighted by Gasteiger charge is -2.01. The molecule has 1 aromatic heterocycles. The summed E-state index contributed by atoms with van der Waals surface area (Å²) < 4.78 is 1.17. The van der Waals surface area contributed by atoms with Crippen LogP contribution in [0.5, 0.6) is 0 Å². The summed E-state index contributed by atoms with van der Waals surface area (Å²) in [5.74, 6) is 0. The predicted molar refractivity (Wildman–Crippen MR) is 79.8 cm³/mol. The van der Waals surface area contributed by atoms with Gasteiger partial charge in [0.05, 0.1) is 0 Å². The van der Waals surface area contributed by atoms with Crippen LogP contribution in [0.15, 0.2) is 34.1 Å². The summed E-state index contributed by atoms with van der Waals surface area (Å²) >= 11 is 5.36. The molecule has 1 nitrogen and oxygen atoms in total. The predicted octanol–water partition coefficient (Wildman–Crippen LogP) is 4.25. The van der Waals surface area contributed by atoms with Gasteiger partial charge in [0, 0.05) is 9.35 Å². The molecule has 1 heterocycles. The molecular formula is C14H16BrNS. The molecule has 3 heteroatoms. The third kappa shape index (κ3) is 3.18. The number of nitrogens with one attached hydrogen (secondary N) is 1. The van der Waals surface area contributed by atoms with Crippen LogP contribution in [0.4, 0.5) is 0 Å². The Morgan fingerprint density at radius 3 is 2.82 bits per heavy atom. The molecule has 1 N–H and O–H groups in total. The van der Waals surface area contributed by atoms with Crippen molar-refractivity contribution in [2.45, 2.75) is 13.3 Å². The molecule has 0 saturated carbocycles. The average Bonchev–Trinajstić information content (AvgIpc) is 2.79. The molecule has 2 rings (SSSR count). The smallest absolute Gasteiger partial charge is 0.0345 e. The van der Waals surface area contributed by atoms with Gasteiger partial charge in [0.15, 0.2) is 0 Å². The highest BCUT2D eigenvalue weighted by Gasteiger charge is 2.04. The highest BCUT2D eigenvalue weighted by molar-refractivity contribution is 9.10. The summed E-state index contributed by atoms with van der Waals surface area (Å²) in [5.41, 5.74) is 4.01. The van der Waals surface area contributed by atoms with Crippen molar-refractivity contribution in [1.82, 2.24) is 5.32 Å². The number of aryl methyl sites for hydroxylation is 1. The molecule has 0 aliphatic carbocycles. The molecule has 0 unspecified atom stereocenters. The number of halogens is 1. The van der Waals surface area contributed by atoms with E-state index in [0.717, 1.165) is 13.0 Å². The van der Waals surface area contributed by atoms with Crippen LogP contribution < -0.4 is 5.32 Å². The minimum absolute atomic E-state index is 1.04. The Hall–Kier alpha value is -0.640. The summed E-state index contributed by atoms with van der Waals surface area (Å²) in [7, 11) is 1.99. The van der Waals surface area contributed by atoms with Crippen molar-refractivity contribution in [2.24, 2.45) is 0 Å². The fraction of sp³-hybridized carbons (Fsp3) is 0.286. The van der Waals surface area contributed by atoms with Crippen LogP contribution in [-0.2, 0) is 6.42 Å². The van der Waals surface area contributed by atoms with Gasteiger partial charge in [-0.3, -0.25) is 0 Å². The van der Waals surface area contributed by atoms with E-state index >= 15 is 0 Å². The lowest BCUT2D eigenvalue weighted by atomic mass is 10.1. The molecular weight excluding hydrogens is 294 g/mol. The first-order chi connectivity index (χ1) is 8.20. The van der Waals surface area contributed by atoms with E-state index in [1.54, 1.807) is 0 Å². The summed E-state index contributed by atoms with van der Waals surface area (Å²) in [6.07, 6.45) is 1.10. The maximum Gasteiger partial charge on any atom is 0.0345 e. The fourth-order valence-corrected chi connectivity index (χ4v) is 2.92. The van der Waals surface area contributed by atoms with Crippen LogP contribution in [0.25, 0.3) is 10.4 Å². The molecule has 90 valence electrons. The van der Waals surface area contributed by atoms with Crippen molar-refractivity contribution in [1.29, 1.82) is 0 Å². The van der Waals surface area contributed by atoms with E-state index < -0.39 is 0 Å². The van der Waals surface area contributed by atoms with E-state index in [2.05, 4.69) is 57.8 Å². The van der Waals surface area contributed by atoms with Crippen molar-refractivity contribution in [3.05, 3.63) is 45.2 Å². The monoisotopic (exact) mass is 309 g/mol. The third-order valence-electron chi connectivity index (χ3n) is 2.76. The van der Waals surface area contributed by atoms with Gasteiger partial charge in [0.2, 0.25) is 0 Å². The van der Waals surface area contributed by atoms with Crippen molar-refractivity contribution in [3.63, 3.8) is 0 Å². The number of hydrogen-bond donors (Lipinski definition) is 1. The van der Waals surface area contributed by atoms with Gasteiger partial charge in [-0.1, -0.05) is 22.0 Å². The molecule has 0 saturated heterocycles. The maximum absolute atomic E-state index is 3.54. The molecule has 2 aromatic rings. The van der Waals surface area contributed by atoms with Gasteiger partial charge < -0.3 is 5.32 Å². The summed E-state index contributed by atoms with van der Waals surface area (Å²) in [5, 5.41) is 5.43. The Balaban J connectivity index is 2.21. The summed E-state index contributed by atoms with van der Waals surface area (Å²) in [4.78, 5) is 1.35. The van der Waals surface area contributed by atoms with Gasteiger partial charge in [-0.05, 0) is 67.2 Å². The second-order valence-electron chi connectivity index (χ2n) is 4.14. The Morgan fingerprint density at radius 1 is 1.29 bits per heavy atom. The molecule has 0 radical (unpaired) electrons. The second-order valence-corrected chi connectivity index (χ2v) is 5.90. The number of benzene rings is 1. The summed E-state index contributed by atoms with van der Waals surface area (Å²) in [6.45, 7) is 3.17. The van der Waals surface area contributed by atoms with Gasteiger partial charge in [-0.15, -0.1) is 11.3 Å². The van der Waals surface area contributed by atoms with Crippen molar-refractivity contribution in [3.8, 4) is 10.4 Å². The minimum Gasteiger partial charge on any atom is -0.319 e. The Bertz CT molecular complexity index is 505. The van der Waals surface area contributed by atoms with Crippen LogP contribution in [0.2, 0.25) is 0 Å². The lowest BCUT2D eigenvalue weighted by Crippen LogP contribution is -2.09. The van der Waals surface area contributed by atoms with Gasteiger partial charge >= 0.3 is 0 Å². The SMILES string of the molecule is CNCCc1csc(-c2ccc(Br)c(C)c2)c1. The van der Waals surface area contributed by atoms with Gasteiger partial charge in [-0.2, -0.15) is 0 Å². The maximum atomic E-state index is 3.54. The van der Waals surface area contributed by atoms with E-state index in [-0.39, 0.29) is 0 Å². The highest BCUT2D eigenvalue weighted by atomic mass is 79.9. The van der Waals surface area contributed by atoms with Crippen LogP contribution in [0.1, 0.15) is 11.1 Å². The molecule has 0 aliphatic heterocycles. The van der Waals surface area contributed by atoms with Crippen LogP contribution in [-0.4, -0.2) is 13.6 Å². The Kier molecular flexibility index (Phi) is 4.37. The highest BCUT2D eigenvalue weighted by Crippen LogP contribution is 2.30. The topological polar surface area (TPSA) is 12.0 Å². The Morgan fingerprint density at radius 2 is 2.12 bits per heavy atom.